The molecule has 0 radical (unpaired) electrons. The average molecular weight is 564 g/mol. The van der Waals surface area contributed by atoms with Gasteiger partial charge in [-0.25, -0.2) is 29.2 Å². The number of dihydropyridines is 1. The van der Waals surface area contributed by atoms with Crippen molar-refractivity contribution < 1.29 is 8.81 Å². The van der Waals surface area contributed by atoms with Crippen molar-refractivity contribution in [1.29, 1.82) is 0 Å². The number of rotatable bonds is 6. The maximum Gasteiger partial charge on any atom is 0.434 e. The van der Waals surface area contributed by atoms with Gasteiger partial charge in [-0.2, -0.15) is 0 Å². The summed E-state index contributed by atoms with van der Waals surface area (Å²) in [7, 11) is 0. The Hall–Kier alpha value is -3.53. The van der Waals surface area contributed by atoms with Crippen LogP contribution in [-0.2, 0) is 5.67 Å². The number of fused-ring (bicyclic) bond motifs is 1. The lowest BCUT2D eigenvalue weighted by atomic mass is 9.68. The number of hydrogen-bond donors (Lipinski definition) is 3. The molecule has 1 aliphatic heterocycles. The van der Waals surface area contributed by atoms with Gasteiger partial charge in [0.2, 0.25) is 11.5 Å². The molecule has 40 heavy (non-hydrogen) atoms. The molecule has 3 N–H and O–H groups in total. The minimum Gasteiger partial charge on any atom is -0.384 e. The van der Waals surface area contributed by atoms with Gasteiger partial charge in [-0.15, -0.1) is 16.7 Å². The summed E-state index contributed by atoms with van der Waals surface area (Å²) in [5.41, 5.74) is 0.837. The zero-order valence-electron chi connectivity index (χ0n) is 22.2. The van der Waals surface area contributed by atoms with Crippen LogP contribution < -0.4 is 11.1 Å². The molecule has 0 saturated heterocycles. The van der Waals surface area contributed by atoms with Gasteiger partial charge in [0.25, 0.3) is 5.89 Å². The van der Waals surface area contributed by atoms with Crippen molar-refractivity contribution in [3.05, 3.63) is 64.2 Å². The summed E-state index contributed by atoms with van der Waals surface area (Å²) in [4.78, 5) is 28.9. The van der Waals surface area contributed by atoms with E-state index in [0.717, 1.165) is 18.4 Å². The van der Waals surface area contributed by atoms with E-state index in [1.54, 1.807) is 0 Å². The smallest absolute Gasteiger partial charge is 0.384 e. The SMILES string of the molecule is C[C@@H]1CCC2(CC2)C(CC(F)(C2=CC=CCN2)c2nc3nc(-c4n[nH]c(=O)o4)nc(C4=CC(Cl)CC=C4)c3[nH]2)C1. The fourth-order valence-corrected chi connectivity index (χ4v) is 6.87. The topological polar surface area (TPSA) is 125 Å². The van der Waals surface area contributed by atoms with Crippen molar-refractivity contribution >= 4 is 28.3 Å². The fourth-order valence-electron chi connectivity index (χ4n) is 6.63. The summed E-state index contributed by atoms with van der Waals surface area (Å²) in [6.45, 7) is 2.82. The highest BCUT2D eigenvalue weighted by Crippen LogP contribution is 2.63. The first-order chi connectivity index (χ1) is 19.3. The van der Waals surface area contributed by atoms with Crippen LogP contribution in [0.4, 0.5) is 4.39 Å². The molecule has 0 amide bonds. The third-order valence-electron chi connectivity index (χ3n) is 8.99. The zero-order valence-corrected chi connectivity index (χ0v) is 23.0. The van der Waals surface area contributed by atoms with Crippen molar-refractivity contribution in [3.63, 3.8) is 0 Å². The van der Waals surface area contributed by atoms with Crippen molar-refractivity contribution in [2.45, 2.75) is 62.9 Å². The first kappa shape index (κ1) is 25.4. The van der Waals surface area contributed by atoms with Gasteiger partial charge in [0.05, 0.1) is 11.1 Å². The standard InChI is InChI=1S/C29H31ClFN7O2/c1-16-8-9-28(10-11-28)18(13-16)15-29(31,20-7-2-3-12-32-20)26-34-22-21(17-5-4-6-19(30)14-17)33-24(35-23(22)36-26)25-37-38-27(39)40-25/h2-5,7,14,16,18-19,32H,6,8-13,15H2,1H3,(H,38,39)(H,33,34,35,36)/t16-,18?,19?,29?/m1/s1. The van der Waals surface area contributed by atoms with E-state index >= 15 is 4.39 Å². The number of imidazole rings is 1. The van der Waals surface area contributed by atoms with Gasteiger partial charge < -0.3 is 14.7 Å². The van der Waals surface area contributed by atoms with Crippen LogP contribution in [0.1, 0.15) is 63.4 Å². The van der Waals surface area contributed by atoms with E-state index < -0.39 is 11.4 Å². The molecule has 4 heterocycles. The number of hydrogen-bond acceptors (Lipinski definition) is 7. The van der Waals surface area contributed by atoms with Gasteiger partial charge in [-0.1, -0.05) is 43.7 Å². The monoisotopic (exact) mass is 563 g/mol. The maximum atomic E-state index is 17.8. The van der Waals surface area contributed by atoms with Crippen LogP contribution in [-0.4, -0.2) is 42.1 Å². The summed E-state index contributed by atoms with van der Waals surface area (Å²) >= 11 is 6.45. The number of aromatic nitrogens is 6. The molecule has 0 aromatic carbocycles. The highest BCUT2D eigenvalue weighted by molar-refractivity contribution is 6.22. The molecule has 3 aromatic rings. The van der Waals surface area contributed by atoms with Crippen LogP contribution in [0, 0.1) is 17.3 Å². The van der Waals surface area contributed by atoms with E-state index in [9.17, 15) is 4.79 Å². The average Bonchev–Trinajstić information content (AvgIpc) is 3.38. The second kappa shape index (κ2) is 9.54. The minimum absolute atomic E-state index is 0.0688. The molecule has 2 fully saturated rings. The van der Waals surface area contributed by atoms with E-state index in [2.05, 4.69) is 37.4 Å². The summed E-state index contributed by atoms with van der Waals surface area (Å²) < 4.78 is 22.9. The molecule has 11 heteroatoms. The molecule has 3 aliphatic carbocycles. The molecule has 1 spiro atoms. The molecule has 7 rings (SSSR count). The first-order valence-corrected chi connectivity index (χ1v) is 14.4. The lowest BCUT2D eigenvalue weighted by Crippen LogP contribution is -2.39. The van der Waals surface area contributed by atoms with E-state index in [4.69, 9.17) is 21.0 Å². The maximum absolute atomic E-state index is 17.8. The predicted molar refractivity (Wildman–Crippen MR) is 150 cm³/mol. The van der Waals surface area contributed by atoms with E-state index in [1.165, 1.54) is 19.3 Å². The predicted octanol–water partition coefficient (Wildman–Crippen LogP) is 5.46. The molecule has 4 aliphatic rings. The molecule has 3 aromatic heterocycles. The second-order valence-corrected chi connectivity index (χ2v) is 12.3. The Labute approximate surface area is 235 Å². The number of alkyl halides is 2. The third-order valence-corrected chi connectivity index (χ3v) is 9.30. The van der Waals surface area contributed by atoms with Crippen molar-refractivity contribution in [3.8, 4) is 11.7 Å². The number of nitrogens with one attached hydrogen (secondary N) is 3. The number of nitrogens with zero attached hydrogens (tertiary/aromatic N) is 4. The van der Waals surface area contributed by atoms with Gasteiger partial charge in [-0.05, 0) is 67.4 Å². The van der Waals surface area contributed by atoms with Crippen LogP contribution in [0.3, 0.4) is 0 Å². The first-order valence-electron chi connectivity index (χ1n) is 14.0. The molecule has 2 saturated carbocycles. The minimum atomic E-state index is -1.88. The molecule has 4 atom stereocenters. The van der Waals surface area contributed by atoms with Gasteiger partial charge in [0.1, 0.15) is 11.2 Å². The summed E-state index contributed by atoms with van der Waals surface area (Å²) in [6.07, 6.45) is 18.2. The molecule has 0 bridgehead atoms. The Bertz CT molecular complexity index is 1640. The van der Waals surface area contributed by atoms with Crippen LogP contribution in [0.15, 0.2) is 51.4 Å². The molecule has 208 valence electrons. The van der Waals surface area contributed by atoms with Gasteiger partial charge in [-0.3, -0.25) is 0 Å². The molecule has 3 unspecified atom stereocenters. The van der Waals surface area contributed by atoms with Crippen molar-refractivity contribution in [2.24, 2.45) is 17.3 Å². The molecule has 9 nitrogen and oxygen atoms in total. The number of halogens is 2. The number of aromatic amines is 2. The van der Waals surface area contributed by atoms with Crippen molar-refractivity contribution in [2.75, 3.05) is 6.54 Å². The molecular weight excluding hydrogens is 533 g/mol. The summed E-state index contributed by atoms with van der Waals surface area (Å²) in [5.74, 6) is 0.294. The number of allylic oxidation sites excluding steroid dienone is 7. The highest BCUT2D eigenvalue weighted by Gasteiger charge is 2.55. The fraction of sp³-hybridized carbons (Fsp3) is 0.483. The lowest BCUT2D eigenvalue weighted by Gasteiger charge is -2.40. The van der Waals surface area contributed by atoms with E-state index in [1.807, 2.05) is 36.5 Å². The molecular formula is C29H31ClFN7O2. The number of H-pyrrole nitrogens is 2. The summed E-state index contributed by atoms with van der Waals surface area (Å²) in [5, 5.41) is 9.20. The summed E-state index contributed by atoms with van der Waals surface area (Å²) in [6, 6.07) is 0. The Kier molecular flexibility index (Phi) is 6.07. The second-order valence-electron chi connectivity index (χ2n) is 11.7. The quantitative estimate of drug-likeness (QED) is 0.340. The van der Waals surface area contributed by atoms with E-state index in [0.29, 0.717) is 42.2 Å². The van der Waals surface area contributed by atoms with Gasteiger partial charge in [0.15, 0.2) is 11.5 Å². The largest absolute Gasteiger partial charge is 0.434 e. The Balaban J connectivity index is 1.39. The normalized spacial score (nSPS) is 26.8. The van der Waals surface area contributed by atoms with Crippen LogP contribution in [0.25, 0.3) is 28.5 Å². The third kappa shape index (κ3) is 4.42. The van der Waals surface area contributed by atoms with Crippen LogP contribution in [0.2, 0.25) is 0 Å². The highest BCUT2D eigenvalue weighted by atomic mass is 35.5. The van der Waals surface area contributed by atoms with Crippen LogP contribution in [0.5, 0.6) is 0 Å². The van der Waals surface area contributed by atoms with Crippen LogP contribution >= 0.6 is 11.6 Å². The lowest BCUT2D eigenvalue weighted by molar-refractivity contribution is 0.0743. The Morgan fingerprint density at radius 3 is 2.83 bits per heavy atom. The van der Waals surface area contributed by atoms with Crippen molar-refractivity contribution in [1.82, 2.24) is 35.5 Å². The van der Waals surface area contributed by atoms with Gasteiger partial charge in [0, 0.05) is 6.54 Å². The zero-order chi connectivity index (χ0) is 27.5. The Morgan fingerprint density at radius 1 is 1.23 bits per heavy atom. The van der Waals surface area contributed by atoms with E-state index in [-0.39, 0.29) is 39.9 Å². The van der Waals surface area contributed by atoms with Gasteiger partial charge >= 0.3 is 5.76 Å². The Morgan fingerprint density at radius 2 is 2.10 bits per heavy atom.